The van der Waals surface area contributed by atoms with E-state index in [9.17, 15) is 32.8 Å². The van der Waals surface area contributed by atoms with Crippen molar-refractivity contribution in [2.45, 2.75) is 18.9 Å². The fourth-order valence-electron chi connectivity index (χ4n) is 4.51. The average Bonchev–Trinajstić information content (AvgIpc) is 2.98. The highest BCUT2D eigenvalue weighted by molar-refractivity contribution is 6.04. The molecule has 2 unspecified atom stereocenters. The van der Waals surface area contributed by atoms with Crippen LogP contribution in [0.4, 0.5) is 20.2 Å². The van der Waals surface area contributed by atoms with E-state index >= 15 is 0 Å². The molecule has 2 atom stereocenters. The van der Waals surface area contributed by atoms with Gasteiger partial charge in [-0.2, -0.15) is 0 Å². The summed E-state index contributed by atoms with van der Waals surface area (Å²) in [7, 11) is 4.41. The molecule has 0 fully saturated rings. The van der Waals surface area contributed by atoms with Crippen molar-refractivity contribution in [2.24, 2.45) is 5.92 Å². The summed E-state index contributed by atoms with van der Waals surface area (Å²) < 4.78 is 33.1. The van der Waals surface area contributed by atoms with Crippen LogP contribution in [0.5, 0.6) is 5.75 Å². The molecule has 0 heterocycles. The lowest BCUT2D eigenvalue weighted by atomic mass is 9.91. The Balaban J connectivity index is 1.84. The largest absolute Gasteiger partial charge is 0.497 e. The number of methoxy groups -OCH3 is 1. The van der Waals surface area contributed by atoms with E-state index in [1.165, 1.54) is 44.3 Å². The van der Waals surface area contributed by atoms with Crippen molar-refractivity contribution >= 4 is 41.8 Å². The number of para-hydroxylation sites is 1. The molecule has 0 saturated carbocycles. The van der Waals surface area contributed by atoms with Crippen LogP contribution in [0.1, 0.15) is 23.2 Å². The number of carbonyl (C=O) groups is 5. The molecule has 4 amide bonds. The lowest BCUT2D eigenvalue weighted by Crippen LogP contribution is -2.51. The fourth-order valence-corrected chi connectivity index (χ4v) is 4.51. The van der Waals surface area contributed by atoms with Crippen molar-refractivity contribution in [3.63, 3.8) is 0 Å². The Kier molecular flexibility index (Phi) is 11.1. The second-order valence-electron chi connectivity index (χ2n) is 9.66. The van der Waals surface area contributed by atoms with Crippen LogP contribution in [0.2, 0.25) is 0 Å². The van der Waals surface area contributed by atoms with Gasteiger partial charge in [-0.05, 0) is 54.8 Å². The number of carbonyl (C=O) groups excluding carboxylic acids is 5. The zero-order valence-corrected chi connectivity index (χ0v) is 23.5. The van der Waals surface area contributed by atoms with E-state index < -0.39 is 47.9 Å². The van der Waals surface area contributed by atoms with Crippen LogP contribution < -0.4 is 19.9 Å². The van der Waals surface area contributed by atoms with Gasteiger partial charge in [-0.15, -0.1) is 0 Å². The summed E-state index contributed by atoms with van der Waals surface area (Å²) in [4.78, 5) is 66.0. The lowest BCUT2D eigenvalue weighted by molar-refractivity contribution is -0.127. The summed E-state index contributed by atoms with van der Waals surface area (Å²) in [5.41, 5.74) is 0.685. The highest BCUT2D eigenvalue weighted by atomic mass is 19.1. The average molecular weight is 583 g/mol. The summed E-state index contributed by atoms with van der Waals surface area (Å²) >= 11 is 0. The first-order valence-electron chi connectivity index (χ1n) is 13.0. The first-order chi connectivity index (χ1) is 20.1. The third kappa shape index (κ3) is 8.09. The molecular formula is C30H32F2N4O6. The van der Waals surface area contributed by atoms with Crippen LogP contribution in [-0.2, 0) is 19.2 Å². The molecule has 3 rings (SSSR count). The number of aldehydes is 1. The predicted molar refractivity (Wildman–Crippen MR) is 152 cm³/mol. The summed E-state index contributed by atoms with van der Waals surface area (Å²) in [5, 5.41) is 2.60. The minimum absolute atomic E-state index is 0.0821. The van der Waals surface area contributed by atoms with E-state index in [2.05, 4.69) is 5.32 Å². The first kappa shape index (κ1) is 31.7. The number of nitrogens with zero attached hydrogens (tertiary/aromatic N) is 3. The molecule has 1 aliphatic carbocycles. The highest BCUT2D eigenvalue weighted by Crippen LogP contribution is 2.29. The molecule has 0 radical (unpaired) electrons. The van der Waals surface area contributed by atoms with Crippen molar-refractivity contribution in [3.8, 4) is 5.75 Å². The normalized spacial score (nSPS) is 14.9. The molecule has 2 aromatic carbocycles. The van der Waals surface area contributed by atoms with Gasteiger partial charge in [-0.25, -0.2) is 8.78 Å². The van der Waals surface area contributed by atoms with Crippen LogP contribution in [-0.4, -0.2) is 75.7 Å². The molecule has 0 aliphatic heterocycles. The number of benzene rings is 2. The number of rotatable bonds is 13. The maximum atomic E-state index is 14.0. The molecule has 0 bridgehead atoms. The second kappa shape index (κ2) is 14.7. The number of nitrogens with one attached hydrogen (secondary N) is 1. The SMILES string of the molecule is COc1ccc(N(C)C(=O)C(CC2C=C(F)C=C(F)C2)NC(=O)CN(C=O)c2ccccc2C(=O)N(C)CC=O)cc1. The van der Waals surface area contributed by atoms with Crippen molar-refractivity contribution < 1.29 is 37.5 Å². The maximum absolute atomic E-state index is 14.0. The Morgan fingerprint density at radius 2 is 1.76 bits per heavy atom. The molecule has 10 nitrogen and oxygen atoms in total. The smallest absolute Gasteiger partial charge is 0.256 e. The van der Waals surface area contributed by atoms with Gasteiger partial charge in [0.15, 0.2) is 0 Å². The third-order valence-corrected chi connectivity index (χ3v) is 6.69. The van der Waals surface area contributed by atoms with Gasteiger partial charge in [-0.1, -0.05) is 12.1 Å². The number of halogens is 2. The Morgan fingerprint density at radius 1 is 1.07 bits per heavy atom. The standard InChI is InChI=1S/C30H32F2N4O6/c1-34(12-13-37)29(40)25-6-4-5-7-27(25)36(19-38)18-28(39)33-26(16-20-14-21(31)17-22(32)15-20)30(41)35(2)23-8-10-24(42-3)11-9-23/h4-11,13-14,17,19-20,26H,12,15-16,18H2,1-3H3,(H,33,39). The zero-order valence-electron chi connectivity index (χ0n) is 23.5. The van der Waals surface area contributed by atoms with Gasteiger partial charge < -0.3 is 29.5 Å². The van der Waals surface area contributed by atoms with E-state index in [1.807, 2.05) is 0 Å². The molecule has 1 aliphatic rings. The van der Waals surface area contributed by atoms with Crippen LogP contribution in [0.15, 0.2) is 72.3 Å². The lowest BCUT2D eigenvalue weighted by Gasteiger charge is -2.28. The van der Waals surface area contributed by atoms with Crippen molar-refractivity contribution in [1.29, 1.82) is 0 Å². The summed E-state index contributed by atoms with van der Waals surface area (Å²) in [5.74, 6) is -3.46. The molecule has 42 heavy (non-hydrogen) atoms. The summed E-state index contributed by atoms with van der Waals surface area (Å²) in [6, 6.07) is 11.4. The molecule has 222 valence electrons. The van der Waals surface area contributed by atoms with E-state index in [0.717, 1.165) is 15.9 Å². The van der Waals surface area contributed by atoms with Crippen molar-refractivity contribution in [3.05, 3.63) is 77.9 Å². The van der Waals surface area contributed by atoms with Gasteiger partial charge in [0.2, 0.25) is 18.2 Å². The predicted octanol–water partition coefficient (Wildman–Crippen LogP) is 3.19. The van der Waals surface area contributed by atoms with Gasteiger partial charge in [0.05, 0.1) is 24.9 Å². The molecule has 0 aromatic heterocycles. The summed E-state index contributed by atoms with van der Waals surface area (Å²) in [6.07, 6.45) is 2.61. The van der Waals surface area contributed by atoms with Crippen LogP contribution in [0, 0.1) is 5.92 Å². The second-order valence-corrected chi connectivity index (χ2v) is 9.66. The molecule has 0 spiro atoms. The zero-order chi connectivity index (χ0) is 30.8. The van der Waals surface area contributed by atoms with Crippen LogP contribution in [0.25, 0.3) is 0 Å². The van der Waals surface area contributed by atoms with E-state index in [0.29, 0.717) is 24.1 Å². The third-order valence-electron chi connectivity index (χ3n) is 6.69. The highest BCUT2D eigenvalue weighted by Gasteiger charge is 2.30. The van der Waals surface area contributed by atoms with E-state index in [-0.39, 0.29) is 30.6 Å². The molecular weight excluding hydrogens is 550 g/mol. The Bertz CT molecular complexity index is 1380. The quantitative estimate of drug-likeness (QED) is 0.363. The number of likely N-dealkylation sites (N-methyl/N-ethyl adjacent to an activating group) is 2. The Labute approximate surface area is 242 Å². The van der Waals surface area contributed by atoms with Gasteiger partial charge in [0.25, 0.3) is 5.91 Å². The molecule has 0 saturated heterocycles. The van der Waals surface area contributed by atoms with Gasteiger partial charge >= 0.3 is 0 Å². The summed E-state index contributed by atoms with van der Waals surface area (Å²) in [6.45, 7) is -0.739. The number of amides is 4. The molecule has 12 heteroatoms. The fraction of sp³-hybridized carbons (Fsp3) is 0.300. The number of ether oxygens (including phenoxy) is 1. The Morgan fingerprint density at radius 3 is 2.38 bits per heavy atom. The topological polar surface area (TPSA) is 116 Å². The van der Waals surface area contributed by atoms with Crippen molar-refractivity contribution in [1.82, 2.24) is 10.2 Å². The number of anilines is 2. The minimum Gasteiger partial charge on any atom is -0.497 e. The van der Waals surface area contributed by atoms with Gasteiger partial charge in [0.1, 0.15) is 36.3 Å². The number of allylic oxidation sites excluding steroid dienone is 4. The number of hydrogen-bond acceptors (Lipinski definition) is 6. The monoisotopic (exact) mass is 582 g/mol. The van der Waals surface area contributed by atoms with E-state index in [4.69, 9.17) is 4.74 Å². The maximum Gasteiger partial charge on any atom is 0.256 e. The molecule has 1 N–H and O–H groups in total. The van der Waals surface area contributed by atoms with Crippen LogP contribution in [0.3, 0.4) is 0 Å². The van der Waals surface area contributed by atoms with Crippen LogP contribution >= 0.6 is 0 Å². The van der Waals surface area contributed by atoms with E-state index in [1.54, 1.807) is 36.4 Å². The number of hydrogen-bond donors (Lipinski definition) is 1. The Hall–Kier alpha value is -4.87. The first-order valence-corrected chi connectivity index (χ1v) is 13.0. The molecule has 2 aromatic rings. The van der Waals surface area contributed by atoms with Crippen molar-refractivity contribution in [2.75, 3.05) is 44.1 Å². The minimum atomic E-state index is -1.21. The van der Waals surface area contributed by atoms with Gasteiger partial charge in [-0.3, -0.25) is 19.2 Å². The van der Waals surface area contributed by atoms with Gasteiger partial charge in [0, 0.05) is 32.3 Å².